The normalized spacial score (nSPS) is 10.4. The second-order valence-electron chi connectivity index (χ2n) is 3.28. The van der Waals surface area contributed by atoms with Crippen LogP contribution in [0.3, 0.4) is 0 Å². The van der Waals surface area contributed by atoms with Crippen LogP contribution in [0.4, 0.5) is 0 Å². The van der Waals surface area contributed by atoms with Crippen LogP contribution in [0.15, 0.2) is 24.4 Å². The molecule has 1 aromatic carbocycles. The average molecular weight is 185 g/mol. The van der Waals surface area contributed by atoms with E-state index in [-0.39, 0.29) is 0 Å². The Bertz CT molecular complexity index is 517. The summed E-state index contributed by atoms with van der Waals surface area (Å²) < 4.78 is 1.95. The number of fused-ring (bicyclic) bond motifs is 1. The third kappa shape index (κ3) is 1.09. The molecule has 0 unspecified atom stereocenters. The fourth-order valence-electron chi connectivity index (χ4n) is 1.80. The Morgan fingerprint density at radius 2 is 2.29 bits per heavy atom. The van der Waals surface area contributed by atoms with Crippen molar-refractivity contribution in [1.82, 2.24) is 4.57 Å². The number of aryl methyl sites for hydroxylation is 1. The van der Waals surface area contributed by atoms with Gasteiger partial charge in [-0.15, -0.1) is 0 Å². The van der Waals surface area contributed by atoms with E-state index in [1.807, 2.05) is 36.0 Å². The zero-order chi connectivity index (χ0) is 10.1. The molecule has 0 bridgehead atoms. The number of nitrogens with zero attached hydrogens (tertiary/aromatic N) is 2. The van der Waals surface area contributed by atoms with Crippen LogP contribution in [0.2, 0.25) is 0 Å². The Hall–Kier alpha value is -1.79. The first-order valence-corrected chi connectivity index (χ1v) is 4.45. The topological polar surface area (TPSA) is 54.7 Å². The van der Waals surface area contributed by atoms with Gasteiger partial charge in [0.2, 0.25) is 0 Å². The molecule has 0 radical (unpaired) electrons. The standard InChI is InChI=1S/C11H11N3/c1-14-7-9(6-13)10-4-2-3-8(5-12)11(10)14/h2-4,7H,6,13H2,1H3. The van der Waals surface area contributed by atoms with Crippen molar-refractivity contribution >= 4 is 10.9 Å². The summed E-state index contributed by atoms with van der Waals surface area (Å²) in [6, 6.07) is 7.90. The van der Waals surface area contributed by atoms with Gasteiger partial charge in [-0.2, -0.15) is 5.26 Å². The van der Waals surface area contributed by atoms with Gasteiger partial charge in [0, 0.05) is 25.2 Å². The molecular weight excluding hydrogens is 174 g/mol. The third-order valence-corrected chi connectivity index (χ3v) is 2.42. The van der Waals surface area contributed by atoms with E-state index in [4.69, 9.17) is 11.0 Å². The summed E-state index contributed by atoms with van der Waals surface area (Å²) in [5.74, 6) is 0. The van der Waals surface area contributed by atoms with Crippen molar-refractivity contribution in [1.29, 1.82) is 5.26 Å². The molecule has 0 fully saturated rings. The molecule has 0 aliphatic heterocycles. The van der Waals surface area contributed by atoms with E-state index in [1.165, 1.54) is 0 Å². The van der Waals surface area contributed by atoms with Gasteiger partial charge in [-0.25, -0.2) is 0 Å². The number of benzene rings is 1. The molecule has 0 spiro atoms. The highest BCUT2D eigenvalue weighted by molar-refractivity contribution is 5.88. The Morgan fingerprint density at radius 1 is 1.50 bits per heavy atom. The maximum absolute atomic E-state index is 8.95. The summed E-state index contributed by atoms with van der Waals surface area (Å²) >= 11 is 0. The molecular formula is C11H11N3. The molecule has 14 heavy (non-hydrogen) atoms. The molecule has 1 aromatic heterocycles. The van der Waals surface area contributed by atoms with E-state index >= 15 is 0 Å². The minimum atomic E-state index is 0.506. The number of aromatic nitrogens is 1. The summed E-state index contributed by atoms with van der Waals surface area (Å²) in [5, 5.41) is 10.0. The van der Waals surface area contributed by atoms with Crippen molar-refractivity contribution in [3.05, 3.63) is 35.5 Å². The van der Waals surface area contributed by atoms with Crippen LogP contribution in [0, 0.1) is 11.3 Å². The molecule has 2 rings (SSSR count). The minimum absolute atomic E-state index is 0.506. The molecule has 3 nitrogen and oxygen atoms in total. The summed E-state index contributed by atoms with van der Waals surface area (Å²) in [5.41, 5.74) is 8.37. The van der Waals surface area contributed by atoms with Gasteiger partial charge in [-0.1, -0.05) is 12.1 Å². The number of rotatable bonds is 1. The van der Waals surface area contributed by atoms with Gasteiger partial charge in [0.25, 0.3) is 0 Å². The Kier molecular flexibility index (Phi) is 1.99. The number of hydrogen-bond acceptors (Lipinski definition) is 2. The second kappa shape index (κ2) is 3.17. The average Bonchev–Trinajstić information content (AvgIpc) is 2.55. The van der Waals surface area contributed by atoms with Crippen molar-refractivity contribution in [3.63, 3.8) is 0 Å². The van der Waals surface area contributed by atoms with Crippen molar-refractivity contribution in [3.8, 4) is 6.07 Å². The van der Waals surface area contributed by atoms with Crippen LogP contribution in [-0.2, 0) is 13.6 Å². The number of nitrogens with two attached hydrogens (primary N) is 1. The maximum atomic E-state index is 8.95. The number of hydrogen-bond donors (Lipinski definition) is 1. The summed E-state index contributed by atoms with van der Waals surface area (Å²) in [7, 11) is 1.93. The largest absolute Gasteiger partial charge is 0.349 e. The lowest BCUT2D eigenvalue weighted by Gasteiger charge is -1.97. The Labute approximate surface area is 82.4 Å². The molecule has 2 aromatic rings. The molecule has 0 aliphatic rings. The number of nitriles is 1. The van der Waals surface area contributed by atoms with Crippen LogP contribution in [0.25, 0.3) is 10.9 Å². The summed E-state index contributed by atoms with van der Waals surface area (Å²) in [6.45, 7) is 0.506. The van der Waals surface area contributed by atoms with Crippen LogP contribution >= 0.6 is 0 Å². The van der Waals surface area contributed by atoms with Gasteiger partial charge >= 0.3 is 0 Å². The molecule has 2 N–H and O–H groups in total. The van der Waals surface area contributed by atoms with Crippen LogP contribution < -0.4 is 5.73 Å². The highest BCUT2D eigenvalue weighted by Gasteiger charge is 2.08. The molecule has 3 heteroatoms. The zero-order valence-electron chi connectivity index (χ0n) is 7.99. The lowest BCUT2D eigenvalue weighted by molar-refractivity contribution is 0.947. The molecule has 70 valence electrons. The van der Waals surface area contributed by atoms with E-state index in [0.717, 1.165) is 16.5 Å². The number of para-hydroxylation sites is 1. The Balaban J connectivity index is 2.90. The van der Waals surface area contributed by atoms with Gasteiger partial charge in [-0.3, -0.25) is 0 Å². The van der Waals surface area contributed by atoms with E-state index in [0.29, 0.717) is 12.1 Å². The van der Waals surface area contributed by atoms with Crippen molar-refractivity contribution < 1.29 is 0 Å². The highest BCUT2D eigenvalue weighted by atomic mass is 14.9. The lowest BCUT2D eigenvalue weighted by Crippen LogP contribution is -1.94. The van der Waals surface area contributed by atoms with Crippen LogP contribution in [0.1, 0.15) is 11.1 Å². The predicted molar refractivity (Wildman–Crippen MR) is 55.5 cm³/mol. The van der Waals surface area contributed by atoms with Gasteiger partial charge in [0.1, 0.15) is 6.07 Å². The smallest absolute Gasteiger partial charge is 0.101 e. The second-order valence-corrected chi connectivity index (χ2v) is 3.28. The van der Waals surface area contributed by atoms with Crippen molar-refractivity contribution in [2.45, 2.75) is 6.54 Å². The quantitative estimate of drug-likeness (QED) is 0.732. The molecule has 0 saturated carbocycles. The molecule has 0 saturated heterocycles. The van der Waals surface area contributed by atoms with Crippen molar-refractivity contribution in [2.75, 3.05) is 0 Å². The summed E-state index contributed by atoms with van der Waals surface area (Å²) in [4.78, 5) is 0. The summed E-state index contributed by atoms with van der Waals surface area (Å²) in [6.07, 6.45) is 1.98. The zero-order valence-corrected chi connectivity index (χ0v) is 7.99. The first kappa shape index (κ1) is 8.79. The van der Waals surface area contributed by atoms with E-state index < -0.39 is 0 Å². The predicted octanol–water partition coefficient (Wildman–Crippen LogP) is 1.51. The third-order valence-electron chi connectivity index (χ3n) is 2.42. The van der Waals surface area contributed by atoms with Crippen molar-refractivity contribution in [2.24, 2.45) is 12.8 Å². The van der Waals surface area contributed by atoms with Gasteiger partial charge in [0.15, 0.2) is 0 Å². The Morgan fingerprint density at radius 3 is 2.93 bits per heavy atom. The van der Waals surface area contributed by atoms with Crippen LogP contribution in [0.5, 0.6) is 0 Å². The highest BCUT2D eigenvalue weighted by Crippen LogP contribution is 2.23. The van der Waals surface area contributed by atoms with Crippen LogP contribution in [-0.4, -0.2) is 4.57 Å². The molecule has 0 aliphatic carbocycles. The SMILES string of the molecule is Cn1cc(CN)c2cccc(C#N)c21. The first-order valence-electron chi connectivity index (χ1n) is 4.45. The van der Waals surface area contributed by atoms with Gasteiger partial charge in [0.05, 0.1) is 11.1 Å². The van der Waals surface area contributed by atoms with Gasteiger partial charge in [-0.05, 0) is 11.6 Å². The van der Waals surface area contributed by atoms with E-state index in [2.05, 4.69) is 6.07 Å². The fourth-order valence-corrected chi connectivity index (χ4v) is 1.80. The maximum Gasteiger partial charge on any atom is 0.101 e. The van der Waals surface area contributed by atoms with E-state index in [1.54, 1.807) is 0 Å². The molecule has 0 atom stereocenters. The fraction of sp³-hybridized carbons (Fsp3) is 0.182. The molecule has 1 heterocycles. The minimum Gasteiger partial charge on any atom is -0.349 e. The van der Waals surface area contributed by atoms with E-state index in [9.17, 15) is 0 Å². The lowest BCUT2D eigenvalue weighted by atomic mass is 10.1. The monoisotopic (exact) mass is 185 g/mol. The van der Waals surface area contributed by atoms with Gasteiger partial charge < -0.3 is 10.3 Å². The first-order chi connectivity index (χ1) is 6.77. The molecule has 0 amide bonds.